The molecule has 1 heterocycles. The largest absolute Gasteiger partial charge is 0.378 e. The van der Waals surface area contributed by atoms with E-state index in [4.69, 9.17) is 0 Å². The standard InChI is InChI=1S/C24H25FN2O2S/c1-17-12-13-22-21(14-17)24(2,3)16-23(26-22)18-8-7-9-19(15-18)27(25)30(28,29)20-10-5-4-6-11-20/h4-15,23,26H,16H2,1-3H3. The molecule has 1 aliphatic rings. The third kappa shape index (κ3) is 3.67. The van der Waals surface area contributed by atoms with Crippen molar-refractivity contribution in [2.45, 2.75) is 43.5 Å². The van der Waals surface area contributed by atoms with Gasteiger partial charge < -0.3 is 5.32 Å². The summed E-state index contributed by atoms with van der Waals surface area (Å²) in [5.74, 6) is 0. The second kappa shape index (κ2) is 7.43. The lowest BCUT2D eigenvalue weighted by Crippen LogP contribution is -2.31. The normalized spacial score (nSPS) is 17.7. The number of rotatable bonds is 4. The van der Waals surface area contributed by atoms with Gasteiger partial charge in [0.15, 0.2) is 0 Å². The van der Waals surface area contributed by atoms with Crippen LogP contribution in [0.3, 0.4) is 0 Å². The molecule has 0 amide bonds. The van der Waals surface area contributed by atoms with Crippen LogP contribution in [0.1, 0.15) is 43.0 Å². The first kappa shape index (κ1) is 20.4. The van der Waals surface area contributed by atoms with Gasteiger partial charge in [-0.1, -0.05) is 70.9 Å². The Hall–Kier alpha value is -2.86. The number of fused-ring (bicyclic) bond motifs is 1. The number of nitrogens with zero attached hydrogens (tertiary/aromatic N) is 1. The molecule has 0 fully saturated rings. The molecule has 30 heavy (non-hydrogen) atoms. The molecule has 3 aromatic rings. The van der Waals surface area contributed by atoms with Crippen LogP contribution in [-0.4, -0.2) is 8.42 Å². The Morgan fingerprint density at radius 1 is 1.00 bits per heavy atom. The van der Waals surface area contributed by atoms with Crippen molar-refractivity contribution in [3.05, 3.63) is 89.5 Å². The number of sulfonamides is 1. The molecule has 0 aliphatic carbocycles. The van der Waals surface area contributed by atoms with Crippen LogP contribution in [0.5, 0.6) is 0 Å². The summed E-state index contributed by atoms with van der Waals surface area (Å²) in [7, 11) is -4.27. The molecule has 0 spiro atoms. The van der Waals surface area contributed by atoms with Crippen LogP contribution in [0.15, 0.2) is 77.7 Å². The van der Waals surface area contributed by atoms with Gasteiger partial charge in [-0.15, -0.1) is 0 Å². The summed E-state index contributed by atoms with van der Waals surface area (Å²) < 4.78 is 40.2. The van der Waals surface area contributed by atoms with Gasteiger partial charge in [0.05, 0.1) is 16.6 Å². The van der Waals surface area contributed by atoms with Crippen LogP contribution >= 0.6 is 0 Å². The topological polar surface area (TPSA) is 49.4 Å². The van der Waals surface area contributed by atoms with E-state index in [2.05, 4.69) is 44.3 Å². The number of hydrogen-bond donors (Lipinski definition) is 1. The van der Waals surface area contributed by atoms with E-state index < -0.39 is 10.0 Å². The Morgan fingerprint density at radius 2 is 1.73 bits per heavy atom. The monoisotopic (exact) mass is 424 g/mol. The second-order valence-electron chi connectivity index (χ2n) is 8.46. The predicted molar refractivity (Wildman–Crippen MR) is 119 cm³/mol. The number of hydrogen-bond acceptors (Lipinski definition) is 3. The van der Waals surface area contributed by atoms with E-state index in [0.29, 0.717) is 0 Å². The number of halogens is 1. The Labute approximate surface area is 177 Å². The van der Waals surface area contributed by atoms with E-state index in [0.717, 1.165) is 17.7 Å². The maximum absolute atomic E-state index is 15.0. The van der Waals surface area contributed by atoms with Crippen molar-refractivity contribution < 1.29 is 12.9 Å². The van der Waals surface area contributed by atoms with Crippen molar-refractivity contribution in [3.63, 3.8) is 0 Å². The SMILES string of the molecule is Cc1ccc2c(c1)C(C)(C)CC(c1cccc(N(F)S(=O)(=O)c3ccccc3)c1)N2. The predicted octanol–water partition coefficient (Wildman–Crippen LogP) is 5.91. The maximum atomic E-state index is 15.0. The van der Waals surface area contributed by atoms with Crippen LogP contribution in [0.4, 0.5) is 15.9 Å². The molecule has 4 nitrogen and oxygen atoms in total. The van der Waals surface area contributed by atoms with Crippen molar-refractivity contribution in [2.75, 3.05) is 9.84 Å². The highest BCUT2D eigenvalue weighted by atomic mass is 32.2. The van der Waals surface area contributed by atoms with E-state index in [1.807, 2.05) is 6.07 Å². The molecule has 1 N–H and O–H groups in total. The van der Waals surface area contributed by atoms with Crippen LogP contribution < -0.4 is 9.84 Å². The van der Waals surface area contributed by atoms with Gasteiger partial charge >= 0.3 is 0 Å². The number of benzene rings is 3. The third-order valence-corrected chi connectivity index (χ3v) is 7.18. The fraction of sp³-hybridized carbons (Fsp3) is 0.250. The molecule has 1 aliphatic heterocycles. The number of aryl methyl sites for hydroxylation is 1. The van der Waals surface area contributed by atoms with Crippen LogP contribution in [0, 0.1) is 6.92 Å². The maximum Gasteiger partial charge on any atom is 0.290 e. The molecule has 0 saturated carbocycles. The van der Waals surface area contributed by atoms with E-state index in [9.17, 15) is 8.42 Å². The average Bonchev–Trinajstić information content (AvgIpc) is 2.74. The Kier molecular flexibility index (Phi) is 5.06. The van der Waals surface area contributed by atoms with Crippen LogP contribution in [0.25, 0.3) is 0 Å². The number of anilines is 2. The highest BCUT2D eigenvalue weighted by Gasteiger charge is 2.34. The zero-order valence-corrected chi connectivity index (χ0v) is 18.1. The summed E-state index contributed by atoms with van der Waals surface area (Å²) in [5.41, 5.74) is 4.29. The third-order valence-electron chi connectivity index (χ3n) is 5.68. The molecule has 1 atom stereocenters. The molecular weight excluding hydrogens is 399 g/mol. The lowest BCUT2D eigenvalue weighted by atomic mass is 9.73. The Bertz CT molecular complexity index is 1180. The molecule has 6 heteroatoms. The minimum absolute atomic E-state index is 0.00865. The zero-order chi connectivity index (χ0) is 21.5. The van der Waals surface area contributed by atoms with Gasteiger partial charge in [0.2, 0.25) is 0 Å². The summed E-state index contributed by atoms with van der Waals surface area (Å²) in [6.45, 7) is 6.48. The summed E-state index contributed by atoms with van der Waals surface area (Å²) >= 11 is 0. The summed E-state index contributed by atoms with van der Waals surface area (Å²) in [4.78, 5) is -0.0841. The average molecular weight is 425 g/mol. The smallest absolute Gasteiger partial charge is 0.290 e. The molecule has 4 rings (SSSR count). The minimum Gasteiger partial charge on any atom is -0.378 e. The van der Waals surface area contributed by atoms with Crippen LogP contribution in [-0.2, 0) is 15.4 Å². The minimum atomic E-state index is -4.27. The summed E-state index contributed by atoms with van der Waals surface area (Å²) in [6.07, 6.45) is 0.810. The Morgan fingerprint density at radius 3 is 2.47 bits per heavy atom. The molecule has 0 saturated heterocycles. The molecule has 0 aromatic heterocycles. The lowest BCUT2D eigenvalue weighted by molar-refractivity contribution is 0.427. The van der Waals surface area contributed by atoms with E-state index in [-0.39, 0.29) is 26.6 Å². The van der Waals surface area contributed by atoms with Gasteiger partial charge in [-0.05, 0) is 60.2 Å². The first-order valence-electron chi connectivity index (χ1n) is 9.92. The van der Waals surface area contributed by atoms with Gasteiger partial charge in [0.1, 0.15) is 0 Å². The van der Waals surface area contributed by atoms with Gasteiger partial charge in [-0.2, -0.15) is 8.42 Å². The fourth-order valence-corrected chi connectivity index (χ4v) is 5.16. The number of nitrogens with one attached hydrogen (secondary N) is 1. The van der Waals surface area contributed by atoms with Crippen molar-refractivity contribution in [1.29, 1.82) is 0 Å². The van der Waals surface area contributed by atoms with Crippen LogP contribution in [0.2, 0.25) is 0 Å². The van der Waals surface area contributed by atoms with E-state index in [1.54, 1.807) is 30.3 Å². The molecule has 0 radical (unpaired) electrons. The molecule has 156 valence electrons. The first-order valence-corrected chi connectivity index (χ1v) is 11.4. The second-order valence-corrected chi connectivity index (χ2v) is 10.2. The molecule has 1 unspecified atom stereocenters. The summed E-state index contributed by atoms with van der Waals surface area (Å²) in [5, 5.41) is 3.54. The molecule has 3 aromatic carbocycles. The van der Waals surface area contributed by atoms with Gasteiger partial charge in [-0.25, -0.2) is 0 Å². The quantitative estimate of drug-likeness (QED) is 0.530. The zero-order valence-electron chi connectivity index (χ0n) is 17.3. The van der Waals surface area contributed by atoms with E-state index in [1.165, 1.54) is 29.3 Å². The van der Waals surface area contributed by atoms with Gasteiger partial charge in [0.25, 0.3) is 10.0 Å². The fourth-order valence-electron chi connectivity index (χ4n) is 4.08. The first-order chi connectivity index (χ1) is 14.2. The molecular formula is C24H25FN2O2S. The Balaban J connectivity index is 1.67. The van der Waals surface area contributed by atoms with E-state index >= 15 is 4.48 Å². The van der Waals surface area contributed by atoms with Crippen molar-refractivity contribution in [2.24, 2.45) is 0 Å². The van der Waals surface area contributed by atoms with Crippen molar-refractivity contribution >= 4 is 21.4 Å². The highest BCUT2D eigenvalue weighted by Crippen LogP contribution is 2.44. The molecule has 0 bridgehead atoms. The van der Waals surface area contributed by atoms with Crippen molar-refractivity contribution in [3.8, 4) is 0 Å². The van der Waals surface area contributed by atoms with Crippen molar-refractivity contribution in [1.82, 2.24) is 0 Å². The van der Waals surface area contributed by atoms with Gasteiger partial charge in [0, 0.05) is 5.69 Å². The summed E-state index contributed by atoms with van der Waals surface area (Å²) in [6, 6.07) is 20.6. The lowest BCUT2D eigenvalue weighted by Gasteiger charge is -2.39. The highest BCUT2D eigenvalue weighted by molar-refractivity contribution is 7.92. The van der Waals surface area contributed by atoms with Gasteiger partial charge in [-0.3, -0.25) is 0 Å².